The van der Waals surface area contributed by atoms with E-state index in [0.717, 1.165) is 19.4 Å². The molecule has 0 spiro atoms. The quantitative estimate of drug-likeness (QED) is 0.723. The first-order valence-electron chi connectivity index (χ1n) is 5.84. The number of nitrogens with zero attached hydrogens (tertiary/aromatic N) is 1. The third-order valence-corrected chi connectivity index (χ3v) is 3.67. The topological polar surface area (TPSA) is 46.3 Å². The third kappa shape index (κ3) is 1.92. The second-order valence-electron chi connectivity index (χ2n) is 4.59. The second-order valence-corrected chi connectivity index (χ2v) is 4.59. The van der Waals surface area contributed by atoms with Crippen LogP contribution in [0.15, 0.2) is 0 Å². The Morgan fingerprint density at radius 3 is 2.43 bits per heavy atom. The molecule has 2 aliphatic rings. The van der Waals surface area contributed by atoms with Gasteiger partial charge in [-0.1, -0.05) is 19.3 Å². The van der Waals surface area contributed by atoms with Crippen molar-refractivity contribution in [3.05, 3.63) is 0 Å². The summed E-state index contributed by atoms with van der Waals surface area (Å²) in [5.74, 6) is -0.118. The van der Waals surface area contributed by atoms with Gasteiger partial charge in [-0.3, -0.25) is 9.69 Å². The predicted molar refractivity (Wildman–Crippen MR) is 55.8 cm³/mol. The molecule has 2 fully saturated rings. The minimum absolute atomic E-state index is 0.0399. The zero-order chi connectivity index (χ0) is 9.97. The highest BCUT2D eigenvalue weighted by Gasteiger charge is 2.34. The molecule has 14 heavy (non-hydrogen) atoms. The average Bonchev–Trinajstić information content (AvgIpc) is 2.67. The number of carbonyl (C=O) groups is 1. The summed E-state index contributed by atoms with van der Waals surface area (Å²) in [5, 5.41) is 0. The maximum Gasteiger partial charge on any atom is 0.234 e. The number of hydrogen-bond acceptors (Lipinski definition) is 2. The molecule has 3 heteroatoms. The van der Waals surface area contributed by atoms with Gasteiger partial charge in [0.15, 0.2) is 0 Å². The highest BCUT2D eigenvalue weighted by molar-refractivity contribution is 5.80. The first-order valence-corrected chi connectivity index (χ1v) is 5.84. The van der Waals surface area contributed by atoms with Crippen molar-refractivity contribution >= 4 is 5.91 Å². The lowest BCUT2D eigenvalue weighted by Gasteiger charge is -2.34. The zero-order valence-corrected chi connectivity index (χ0v) is 8.74. The van der Waals surface area contributed by atoms with Crippen molar-refractivity contribution in [3.8, 4) is 0 Å². The molecule has 0 radical (unpaired) electrons. The van der Waals surface area contributed by atoms with E-state index in [4.69, 9.17) is 5.73 Å². The van der Waals surface area contributed by atoms with Gasteiger partial charge in [0.2, 0.25) is 5.91 Å². The fraction of sp³-hybridized carbons (Fsp3) is 0.909. The average molecular weight is 196 g/mol. The van der Waals surface area contributed by atoms with E-state index >= 15 is 0 Å². The van der Waals surface area contributed by atoms with E-state index < -0.39 is 0 Å². The molecular weight excluding hydrogens is 176 g/mol. The van der Waals surface area contributed by atoms with Crippen molar-refractivity contribution in [2.75, 3.05) is 6.54 Å². The van der Waals surface area contributed by atoms with Crippen molar-refractivity contribution in [3.63, 3.8) is 0 Å². The molecule has 1 unspecified atom stereocenters. The lowest BCUT2D eigenvalue weighted by molar-refractivity contribution is -0.123. The minimum Gasteiger partial charge on any atom is -0.368 e. The summed E-state index contributed by atoms with van der Waals surface area (Å²) in [5.41, 5.74) is 5.41. The molecule has 1 amide bonds. The SMILES string of the molecule is NC(=O)C1CCCN1C1CCCCC1. The molecule has 0 aromatic heterocycles. The summed E-state index contributed by atoms with van der Waals surface area (Å²) < 4.78 is 0. The molecule has 1 saturated heterocycles. The van der Waals surface area contributed by atoms with E-state index in [2.05, 4.69) is 4.90 Å². The standard InChI is InChI=1S/C11H20N2O/c12-11(14)10-7-4-8-13(10)9-5-2-1-3-6-9/h9-10H,1-8H2,(H2,12,14). The molecule has 1 aliphatic heterocycles. The summed E-state index contributed by atoms with van der Waals surface area (Å²) in [4.78, 5) is 13.6. The van der Waals surface area contributed by atoms with Crippen LogP contribution in [0.4, 0.5) is 0 Å². The summed E-state index contributed by atoms with van der Waals surface area (Å²) in [6.07, 6.45) is 8.67. The number of carbonyl (C=O) groups excluding carboxylic acids is 1. The number of nitrogens with two attached hydrogens (primary N) is 1. The van der Waals surface area contributed by atoms with Gasteiger partial charge in [-0.25, -0.2) is 0 Å². The monoisotopic (exact) mass is 196 g/mol. The summed E-state index contributed by atoms with van der Waals surface area (Å²) in [6.45, 7) is 1.08. The van der Waals surface area contributed by atoms with Crippen LogP contribution < -0.4 is 5.73 Å². The summed E-state index contributed by atoms with van der Waals surface area (Å²) >= 11 is 0. The molecular formula is C11H20N2O. The molecule has 2 N–H and O–H groups in total. The lowest BCUT2D eigenvalue weighted by Crippen LogP contribution is -2.46. The van der Waals surface area contributed by atoms with Crippen molar-refractivity contribution in [2.45, 2.75) is 57.0 Å². The Morgan fingerprint density at radius 1 is 1.07 bits per heavy atom. The van der Waals surface area contributed by atoms with Gasteiger partial charge >= 0.3 is 0 Å². The van der Waals surface area contributed by atoms with Crippen LogP contribution in [0, 0.1) is 0 Å². The van der Waals surface area contributed by atoms with Gasteiger partial charge in [0.1, 0.15) is 0 Å². The fourth-order valence-electron chi connectivity index (χ4n) is 2.94. The largest absolute Gasteiger partial charge is 0.368 e. The van der Waals surface area contributed by atoms with Gasteiger partial charge in [-0.15, -0.1) is 0 Å². The molecule has 0 bridgehead atoms. The number of amides is 1. The minimum atomic E-state index is -0.118. The van der Waals surface area contributed by atoms with Gasteiger partial charge in [0.05, 0.1) is 6.04 Å². The van der Waals surface area contributed by atoms with Gasteiger partial charge in [-0.05, 0) is 32.2 Å². The fourth-order valence-corrected chi connectivity index (χ4v) is 2.94. The first-order chi connectivity index (χ1) is 6.79. The Balaban J connectivity index is 1.97. The normalized spacial score (nSPS) is 30.7. The Bertz CT molecular complexity index is 211. The van der Waals surface area contributed by atoms with Crippen molar-refractivity contribution < 1.29 is 4.79 Å². The van der Waals surface area contributed by atoms with Crippen LogP contribution in [-0.2, 0) is 4.79 Å². The van der Waals surface area contributed by atoms with Crippen LogP contribution in [0.3, 0.4) is 0 Å². The Morgan fingerprint density at radius 2 is 1.79 bits per heavy atom. The van der Waals surface area contributed by atoms with E-state index in [1.165, 1.54) is 32.1 Å². The highest BCUT2D eigenvalue weighted by Crippen LogP contribution is 2.28. The van der Waals surface area contributed by atoms with Gasteiger partial charge < -0.3 is 5.73 Å². The number of likely N-dealkylation sites (tertiary alicyclic amines) is 1. The van der Waals surface area contributed by atoms with Gasteiger partial charge in [-0.2, -0.15) is 0 Å². The smallest absolute Gasteiger partial charge is 0.234 e. The number of primary amides is 1. The van der Waals surface area contributed by atoms with Crippen LogP contribution in [0.5, 0.6) is 0 Å². The Hall–Kier alpha value is -0.570. The molecule has 2 rings (SSSR count). The molecule has 3 nitrogen and oxygen atoms in total. The van der Waals surface area contributed by atoms with Crippen LogP contribution in [0.25, 0.3) is 0 Å². The predicted octanol–water partition coefficient (Wildman–Crippen LogP) is 1.27. The van der Waals surface area contributed by atoms with Crippen molar-refractivity contribution in [1.82, 2.24) is 4.90 Å². The van der Waals surface area contributed by atoms with Crippen LogP contribution in [0.2, 0.25) is 0 Å². The molecule has 1 aliphatic carbocycles. The van der Waals surface area contributed by atoms with Crippen LogP contribution in [-0.4, -0.2) is 29.4 Å². The lowest BCUT2D eigenvalue weighted by atomic mass is 9.93. The van der Waals surface area contributed by atoms with E-state index in [1.807, 2.05) is 0 Å². The number of rotatable bonds is 2. The summed E-state index contributed by atoms with van der Waals surface area (Å²) in [6, 6.07) is 0.682. The van der Waals surface area contributed by atoms with Gasteiger partial charge in [0, 0.05) is 6.04 Å². The van der Waals surface area contributed by atoms with E-state index in [9.17, 15) is 4.79 Å². The number of hydrogen-bond donors (Lipinski definition) is 1. The maximum atomic E-state index is 11.2. The van der Waals surface area contributed by atoms with Gasteiger partial charge in [0.25, 0.3) is 0 Å². The van der Waals surface area contributed by atoms with Crippen molar-refractivity contribution in [2.24, 2.45) is 5.73 Å². The van der Waals surface area contributed by atoms with Crippen molar-refractivity contribution in [1.29, 1.82) is 0 Å². The van der Waals surface area contributed by atoms with Crippen LogP contribution >= 0.6 is 0 Å². The Kier molecular flexibility index (Phi) is 3.06. The zero-order valence-electron chi connectivity index (χ0n) is 8.74. The highest BCUT2D eigenvalue weighted by atomic mass is 16.1. The van der Waals surface area contributed by atoms with Crippen LogP contribution in [0.1, 0.15) is 44.9 Å². The maximum absolute atomic E-state index is 11.2. The Labute approximate surface area is 85.6 Å². The molecule has 0 aromatic carbocycles. The van der Waals surface area contributed by atoms with E-state index in [0.29, 0.717) is 6.04 Å². The molecule has 1 heterocycles. The molecule has 1 saturated carbocycles. The summed E-state index contributed by atoms with van der Waals surface area (Å²) in [7, 11) is 0. The third-order valence-electron chi connectivity index (χ3n) is 3.67. The second kappa shape index (κ2) is 4.30. The molecule has 1 atom stereocenters. The van der Waals surface area contributed by atoms with E-state index in [-0.39, 0.29) is 11.9 Å². The molecule has 80 valence electrons. The molecule has 0 aromatic rings. The van der Waals surface area contributed by atoms with E-state index in [1.54, 1.807) is 0 Å². The first kappa shape index (κ1) is 9.97.